The Balaban J connectivity index is 1.78. The smallest absolute Gasteiger partial charge is 0.241 e. The lowest BCUT2D eigenvalue weighted by molar-refractivity contribution is 0.387. The van der Waals surface area contributed by atoms with E-state index >= 15 is 0 Å². The zero-order valence-corrected chi connectivity index (χ0v) is 12.7. The predicted molar refractivity (Wildman–Crippen MR) is 76.9 cm³/mol. The summed E-state index contributed by atoms with van der Waals surface area (Å²) in [5.74, 6) is 2.01. The normalized spacial score (nSPS) is 16.9. The second-order valence-electron chi connectivity index (χ2n) is 6.12. The van der Waals surface area contributed by atoms with E-state index in [9.17, 15) is 0 Å². The monoisotopic (exact) mass is 264 g/mol. The molecular weight excluding hydrogens is 240 g/mol. The van der Waals surface area contributed by atoms with Crippen LogP contribution in [0.5, 0.6) is 0 Å². The van der Waals surface area contributed by atoms with Crippen LogP contribution in [0.15, 0.2) is 34.8 Å². The van der Waals surface area contributed by atoms with E-state index in [1.54, 1.807) is 6.26 Å². The minimum Gasteiger partial charge on any atom is -0.547 e. The van der Waals surface area contributed by atoms with Gasteiger partial charge in [0.15, 0.2) is 0 Å². The quantitative estimate of drug-likeness (QED) is 0.403. The van der Waals surface area contributed by atoms with Crippen molar-refractivity contribution in [3.05, 3.63) is 36.0 Å². The third-order valence-electron chi connectivity index (χ3n) is 3.00. The van der Waals surface area contributed by atoms with Gasteiger partial charge in [-0.05, 0) is 69.5 Å². The molecule has 3 heteroatoms. The molecule has 0 N–H and O–H groups in total. The zero-order chi connectivity index (χ0) is 13.0. The number of aryl methyl sites for hydroxylation is 1. The Morgan fingerprint density at radius 1 is 1.44 bits per heavy atom. The van der Waals surface area contributed by atoms with Gasteiger partial charge in [-0.25, -0.2) is 0 Å². The summed E-state index contributed by atoms with van der Waals surface area (Å²) in [6, 6.07) is 2.05. The number of hydrogen-bond donors (Lipinski definition) is 0. The first-order valence-corrected chi connectivity index (χ1v) is 10.4. The molecule has 0 aromatic carbocycles. The molecule has 2 nitrogen and oxygen atoms in total. The molecule has 1 saturated carbocycles. The predicted octanol–water partition coefficient (Wildman–Crippen LogP) is 4.75. The van der Waals surface area contributed by atoms with E-state index in [2.05, 4.69) is 25.7 Å². The molecule has 1 aromatic rings. The van der Waals surface area contributed by atoms with E-state index in [0.29, 0.717) is 0 Å². The van der Waals surface area contributed by atoms with Crippen LogP contribution >= 0.6 is 0 Å². The van der Waals surface area contributed by atoms with Gasteiger partial charge in [0.2, 0.25) is 8.32 Å². The first-order chi connectivity index (χ1) is 8.54. The lowest BCUT2D eigenvalue weighted by atomic mass is 10.1. The first kappa shape index (κ1) is 13.5. The van der Waals surface area contributed by atoms with Crippen molar-refractivity contribution < 1.29 is 8.84 Å². The Labute approximate surface area is 111 Å². The van der Waals surface area contributed by atoms with Gasteiger partial charge in [0.1, 0.15) is 0 Å². The molecule has 0 saturated heterocycles. The van der Waals surface area contributed by atoms with Crippen LogP contribution in [-0.4, -0.2) is 8.32 Å². The molecule has 1 aromatic heterocycles. The Hall–Kier alpha value is -0.963. The third-order valence-corrected chi connectivity index (χ3v) is 3.85. The van der Waals surface area contributed by atoms with Gasteiger partial charge >= 0.3 is 0 Å². The van der Waals surface area contributed by atoms with E-state index in [4.69, 9.17) is 8.84 Å². The van der Waals surface area contributed by atoms with E-state index < -0.39 is 8.32 Å². The molecule has 0 radical (unpaired) electrons. The highest BCUT2D eigenvalue weighted by atomic mass is 28.4. The average molecular weight is 264 g/mol. The highest BCUT2D eigenvalue weighted by molar-refractivity contribution is 6.70. The molecule has 0 amide bonds. The van der Waals surface area contributed by atoms with Crippen LogP contribution in [0.1, 0.15) is 31.2 Å². The van der Waals surface area contributed by atoms with Crippen LogP contribution in [0.4, 0.5) is 0 Å². The second-order valence-corrected chi connectivity index (χ2v) is 10.5. The van der Waals surface area contributed by atoms with Crippen molar-refractivity contribution in [2.45, 2.75) is 51.7 Å². The summed E-state index contributed by atoms with van der Waals surface area (Å²) >= 11 is 0. The minimum atomic E-state index is -1.44. The molecule has 2 rings (SSSR count). The van der Waals surface area contributed by atoms with Crippen LogP contribution < -0.4 is 0 Å². The molecule has 0 atom stereocenters. The largest absolute Gasteiger partial charge is 0.547 e. The van der Waals surface area contributed by atoms with Gasteiger partial charge in [0.25, 0.3) is 0 Å². The van der Waals surface area contributed by atoms with E-state index in [0.717, 1.165) is 18.8 Å². The fourth-order valence-corrected chi connectivity index (χ4v) is 2.96. The molecule has 0 spiro atoms. The molecule has 1 fully saturated rings. The summed E-state index contributed by atoms with van der Waals surface area (Å²) in [6.45, 7) is 6.78. The van der Waals surface area contributed by atoms with Crippen molar-refractivity contribution in [2.24, 2.45) is 5.92 Å². The fraction of sp³-hybridized carbons (Fsp3) is 0.600. The van der Waals surface area contributed by atoms with E-state index in [1.165, 1.54) is 30.6 Å². The van der Waals surface area contributed by atoms with Crippen molar-refractivity contribution >= 4 is 8.32 Å². The average Bonchev–Trinajstić information content (AvgIpc) is 2.99. The van der Waals surface area contributed by atoms with Crippen molar-refractivity contribution in [3.63, 3.8) is 0 Å². The van der Waals surface area contributed by atoms with Crippen LogP contribution in [0, 0.1) is 5.92 Å². The highest BCUT2D eigenvalue weighted by Crippen LogP contribution is 2.38. The van der Waals surface area contributed by atoms with Gasteiger partial charge in [0, 0.05) is 5.92 Å². The molecule has 100 valence electrons. The number of hydrogen-bond acceptors (Lipinski definition) is 2. The van der Waals surface area contributed by atoms with Crippen molar-refractivity contribution in [3.8, 4) is 0 Å². The van der Waals surface area contributed by atoms with E-state index in [-0.39, 0.29) is 0 Å². The van der Waals surface area contributed by atoms with Crippen molar-refractivity contribution in [2.75, 3.05) is 0 Å². The maximum atomic E-state index is 6.18. The molecule has 0 unspecified atom stereocenters. The van der Waals surface area contributed by atoms with Gasteiger partial charge in [-0.15, -0.1) is 0 Å². The highest BCUT2D eigenvalue weighted by Gasteiger charge is 2.30. The molecule has 0 bridgehead atoms. The van der Waals surface area contributed by atoms with Gasteiger partial charge in [0.05, 0.1) is 18.3 Å². The summed E-state index contributed by atoms with van der Waals surface area (Å²) in [4.78, 5) is 0. The summed E-state index contributed by atoms with van der Waals surface area (Å²) in [7, 11) is -1.44. The Morgan fingerprint density at radius 2 is 2.22 bits per heavy atom. The van der Waals surface area contributed by atoms with E-state index in [1.807, 2.05) is 12.3 Å². The molecule has 0 aliphatic heterocycles. The molecule has 1 aliphatic carbocycles. The molecule has 1 heterocycles. The summed E-state index contributed by atoms with van der Waals surface area (Å²) in [5.41, 5.74) is 1.29. The Bertz CT molecular complexity index is 383. The summed E-state index contributed by atoms with van der Waals surface area (Å²) < 4.78 is 11.3. The maximum absolute atomic E-state index is 6.18. The number of rotatable bonds is 7. The standard InChI is InChI=1S/C15H24O2Si/c1-18(2,3)17-15(14-8-9-14)7-5-4-6-13-10-11-16-12-13/h7,10-12,14H,4-6,8-9H2,1-3H3/b15-7+. The number of allylic oxidation sites excluding steroid dienone is 2. The summed E-state index contributed by atoms with van der Waals surface area (Å²) in [5, 5.41) is 0. The van der Waals surface area contributed by atoms with Gasteiger partial charge in [-0.2, -0.15) is 0 Å². The summed E-state index contributed by atoms with van der Waals surface area (Å²) in [6.07, 6.45) is 11.9. The van der Waals surface area contributed by atoms with Crippen LogP contribution in [0.3, 0.4) is 0 Å². The lowest BCUT2D eigenvalue weighted by Gasteiger charge is -2.22. The number of furan rings is 1. The molecule has 18 heavy (non-hydrogen) atoms. The van der Waals surface area contributed by atoms with Gasteiger partial charge < -0.3 is 8.84 Å². The lowest BCUT2D eigenvalue weighted by Crippen LogP contribution is -2.25. The fourth-order valence-electron chi connectivity index (χ4n) is 2.00. The minimum absolute atomic E-state index is 0.727. The van der Waals surface area contributed by atoms with Crippen LogP contribution in [0.25, 0.3) is 0 Å². The van der Waals surface area contributed by atoms with Gasteiger partial charge in [-0.3, -0.25) is 0 Å². The van der Waals surface area contributed by atoms with Crippen LogP contribution in [0.2, 0.25) is 19.6 Å². The van der Waals surface area contributed by atoms with Gasteiger partial charge in [-0.1, -0.05) is 0 Å². The van der Waals surface area contributed by atoms with Crippen molar-refractivity contribution in [1.82, 2.24) is 0 Å². The maximum Gasteiger partial charge on any atom is 0.241 e. The second kappa shape index (κ2) is 5.78. The SMILES string of the molecule is C[Si](C)(C)O/C(=C/CCCc1ccoc1)C1CC1. The third kappa shape index (κ3) is 4.73. The molecular formula is C15H24O2Si. The topological polar surface area (TPSA) is 22.4 Å². The zero-order valence-electron chi connectivity index (χ0n) is 11.7. The number of unbranched alkanes of at least 4 members (excludes halogenated alkanes) is 1. The molecule has 1 aliphatic rings. The van der Waals surface area contributed by atoms with Crippen LogP contribution in [-0.2, 0) is 10.8 Å². The Kier molecular flexibility index (Phi) is 4.33. The first-order valence-electron chi connectivity index (χ1n) is 6.95. The Morgan fingerprint density at radius 3 is 2.78 bits per heavy atom. The van der Waals surface area contributed by atoms with Crippen molar-refractivity contribution in [1.29, 1.82) is 0 Å².